The molecule has 1 unspecified atom stereocenters. The highest BCUT2D eigenvalue weighted by atomic mass is 16.1. The van der Waals surface area contributed by atoms with E-state index in [2.05, 4.69) is 0 Å². The molecule has 0 radical (unpaired) electrons. The molecule has 0 aliphatic rings. The molecule has 0 aliphatic carbocycles. The van der Waals surface area contributed by atoms with Gasteiger partial charge in [-0.1, -0.05) is 39.0 Å². The molecule has 0 aromatic rings. The topological polar surface area (TPSA) is 68.3 Å². The molecule has 0 spiro atoms. The minimum Gasteiger partial charge on any atom is -0.303 e. The van der Waals surface area contributed by atoms with E-state index in [9.17, 15) is 19.2 Å². The van der Waals surface area contributed by atoms with E-state index in [1.807, 2.05) is 6.92 Å². The van der Waals surface area contributed by atoms with Gasteiger partial charge in [-0.05, 0) is 25.7 Å². The lowest BCUT2D eigenvalue weighted by molar-refractivity contribution is -0.111. The van der Waals surface area contributed by atoms with Gasteiger partial charge in [-0.25, -0.2) is 0 Å². The molecule has 0 saturated heterocycles. The molecule has 4 nitrogen and oxygen atoms in total. The molecule has 0 aliphatic heterocycles. The zero-order valence-corrected chi connectivity index (χ0v) is 14.0. The Morgan fingerprint density at radius 1 is 0.591 bits per heavy atom. The number of carbonyl (C=O) groups excluding carboxylic acids is 4. The van der Waals surface area contributed by atoms with Crippen LogP contribution in [0.4, 0.5) is 0 Å². The lowest BCUT2D eigenvalue weighted by Crippen LogP contribution is -1.94. The molecule has 0 aromatic carbocycles. The zero-order valence-electron chi connectivity index (χ0n) is 14.0. The fourth-order valence-electron chi connectivity index (χ4n) is 1.92. The number of carbonyl (C=O) groups is 4. The van der Waals surface area contributed by atoms with Crippen molar-refractivity contribution < 1.29 is 19.2 Å². The molecule has 4 heteroatoms. The Hall–Kier alpha value is -1.32. The molecule has 0 amide bonds. The molecule has 0 aromatic heterocycles. The summed E-state index contributed by atoms with van der Waals surface area (Å²) >= 11 is 0. The zero-order chi connectivity index (χ0) is 16.9. The third-order valence-corrected chi connectivity index (χ3v) is 3.36. The molecule has 1 atom stereocenters. The third kappa shape index (κ3) is 23.7. The van der Waals surface area contributed by atoms with E-state index < -0.39 is 0 Å². The first-order chi connectivity index (χ1) is 10.7. The maximum atomic E-state index is 10.2. The first-order valence-electron chi connectivity index (χ1n) is 8.49. The summed E-state index contributed by atoms with van der Waals surface area (Å²) < 4.78 is 0. The van der Waals surface area contributed by atoms with Crippen LogP contribution in [0.2, 0.25) is 0 Å². The second-order valence-electron chi connectivity index (χ2n) is 5.60. The van der Waals surface area contributed by atoms with E-state index >= 15 is 0 Å². The van der Waals surface area contributed by atoms with Gasteiger partial charge in [0.25, 0.3) is 0 Å². The largest absolute Gasteiger partial charge is 0.303 e. The maximum absolute atomic E-state index is 10.2. The SMILES string of the molecule is CC(C=O)CCCCCC=O.O=CCCCCCCCC=O. The summed E-state index contributed by atoms with van der Waals surface area (Å²) in [5.41, 5.74) is 0. The number of rotatable bonds is 15. The number of hydrogen-bond acceptors (Lipinski definition) is 4. The predicted molar refractivity (Wildman–Crippen MR) is 88.8 cm³/mol. The summed E-state index contributed by atoms with van der Waals surface area (Å²) in [7, 11) is 0. The van der Waals surface area contributed by atoms with Crippen molar-refractivity contribution in [3.05, 3.63) is 0 Å². The summed E-state index contributed by atoms with van der Waals surface area (Å²) in [6.45, 7) is 1.92. The van der Waals surface area contributed by atoms with Crippen molar-refractivity contribution in [1.82, 2.24) is 0 Å². The summed E-state index contributed by atoms with van der Waals surface area (Å²) in [6.07, 6.45) is 15.4. The Bertz CT molecular complexity index is 252. The fourth-order valence-corrected chi connectivity index (χ4v) is 1.92. The monoisotopic (exact) mass is 312 g/mol. The molecule has 0 fully saturated rings. The molecule has 0 N–H and O–H groups in total. The number of hydrogen-bond donors (Lipinski definition) is 0. The number of unbranched alkanes of at least 4 members (excludes halogenated alkanes) is 9. The maximum Gasteiger partial charge on any atom is 0.122 e. The lowest BCUT2D eigenvalue weighted by atomic mass is 10.0. The van der Waals surface area contributed by atoms with Crippen molar-refractivity contribution in [3.8, 4) is 0 Å². The van der Waals surface area contributed by atoms with Gasteiger partial charge in [-0.15, -0.1) is 0 Å². The van der Waals surface area contributed by atoms with Gasteiger partial charge >= 0.3 is 0 Å². The van der Waals surface area contributed by atoms with Crippen LogP contribution >= 0.6 is 0 Å². The average Bonchev–Trinajstić information content (AvgIpc) is 2.54. The summed E-state index contributed by atoms with van der Waals surface area (Å²) in [6, 6.07) is 0. The van der Waals surface area contributed by atoms with Crippen molar-refractivity contribution in [2.45, 2.75) is 84.0 Å². The Morgan fingerprint density at radius 2 is 0.955 bits per heavy atom. The van der Waals surface area contributed by atoms with E-state index in [-0.39, 0.29) is 5.92 Å². The van der Waals surface area contributed by atoms with E-state index in [0.717, 1.165) is 82.9 Å². The molecule has 0 saturated carbocycles. The summed E-state index contributed by atoms with van der Waals surface area (Å²) in [5, 5.41) is 0. The van der Waals surface area contributed by atoms with Crippen LogP contribution in [0.15, 0.2) is 0 Å². The van der Waals surface area contributed by atoms with Crippen LogP contribution in [0.5, 0.6) is 0 Å². The number of aldehydes is 4. The van der Waals surface area contributed by atoms with Gasteiger partial charge in [-0.3, -0.25) is 0 Å². The Kier molecular flexibility index (Phi) is 22.9. The molecule has 128 valence electrons. The van der Waals surface area contributed by atoms with Gasteiger partial charge in [0, 0.05) is 25.2 Å². The summed E-state index contributed by atoms with van der Waals surface area (Å²) in [5.74, 6) is 0.186. The van der Waals surface area contributed by atoms with Crippen LogP contribution in [0, 0.1) is 5.92 Å². The Balaban J connectivity index is 0. The normalized spacial score (nSPS) is 11.0. The highest BCUT2D eigenvalue weighted by Crippen LogP contribution is 2.07. The van der Waals surface area contributed by atoms with Crippen LogP contribution in [-0.2, 0) is 19.2 Å². The Morgan fingerprint density at radius 3 is 1.32 bits per heavy atom. The molecule has 22 heavy (non-hydrogen) atoms. The van der Waals surface area contributed by atoms with Gasteiger partial charge in [0.1, 0.15) is 25.1 Å². The Labute approximate surface area is 135 Å². The van der Waals surface area contributed by atoms with Crippen LogP contribution in [-0.4, -0.2) is 25.1 Å². The quantitative estimate of drug-likeness (QED) is 0.337. The van der Waals surface area contributed by atoms with Crippen molar-refractivity contribution in [3.63, 3.8) is 0 Å². The van der Waals surface area contributed by atoms with Crippen molar-refractivity contribution in [2.24, 2.45) is 5.92 Å². The first kappa shape index (κ1) is 23.0. The first-order valence-corrected chi connectivity index (χ1v) is 8.49. The minimum absolute atomic E-state index is 0.186. The van der Waals surface area contributed by atoms with Crippen LogP contribution in [0.3, 0.4) is 0 Å². The van der Waals surface area contributed by atoms with Crippen molar-refractivity contribution >= 4 is 25.1 Å². The second kappa shape index (κ2) is 22.0. The van der Waals surface area contributed by atoms with Gasteiger partial charge in [0.15, 0.2) is 0 Å². The predicted octanol–water partition coefficient (Wildman–Crippen LogP) is 4.09. The van der Waals surface area contributed by atoms with Crippen LogP contribution < -0.4 is 0 Å². The standard InChI is InChI=1S/2C9H16O2/c1-9(8-11)6-4-2-3-5-7-10;10-8-6-4-2-1-3-5-7-9-11/h7-9H,2-6H2,1H3;8-9H,1-7H2. The van der Waals surface area contributed by atoms with Gasteiger partial charge in [0.2, 0.25) is 0 Å². The van der Waals surface area contributed by atoms with Gasteiger partial charge < -0.3 is 19.2 Å². The van der Waals surface area contributed by atoms with Crippen LogP contribution in [0.25, 0.3) is 0 Å². The highest BCUT2D eigenvalue weighted by Gasteiger charge is 1.97. The molecule has 0 heterocycles. The van der Waals surface area contributed by atoms with Crippen molar-refractivity contribution in [1.29, 1.82) is 0 Å². The minimum atomic E-state index is 0.186. The molecular formula is C18H32O4. The summed E-state index contributed by atoms with van der Waals surface area (Å²) in [4.78, 5) is 39.9. The second-order valence-corrected chi connectivity index (χ2v) is 5.60. The molecular weight excluding hydrogens is 280 g/mol. The smallest absolute Gasteiger partial charge is 0.122 e. The van der Waals surface area contributed by atoms with Crippen LogP contribution in [0.1, 0.15) is 84.0 Å². The lowest BCUT2D eigenvalue weighted by Gasteiger charge is -2.00. The molecule has 0 rings (SSSR count). The van der Waals surface area contributed by atoms with E-state index in [1.165, 1.54) is 0 Å². The van der Waals surface area contributed by atoms with Gasteiger partial charge in [-0.2, -0.15) is 0 Å². The molecule has 0 bridgehead atoms. The fraction of sp³-hybridized carbons (Fsp3) is 0.778. The van der Waals surface area contributed by atoms with E-state index in [0.29, 0.717) is 19.3 Å². The van der Waals surface area contributed by atoms with Crippen molar-refractivity contribution in [2.75, 3.05) is 0 Å². The third-order valence-electron chi connectivity index (χ3n) is 3.36. The van der Waals surface area contributed by atoms with Gasteiger partial charge in [0.05, 0.1) is 0 Å². The average molecular weight is 312 g/mol. The van der Waals surface area contributed by atoms with E-state index in [4.69, 9.17) is 0 Å². The highest BCUT2D eigenvalue weighted by molar-refractivity contribution is 5.52. The van der Waals surface area contributed by atoms with E-state index in [1.54, 1.807) is 0 Å².